The molecule has 0 N–H and O–H groups in total. The maximum absolute atomic E-state index is 13.6. The molecule has 34 heavy (non-hydrogen) atoms. The second-order valence-corrected chi connectivity index (χ2v) is 8.25. The fourth-order valence-electron chi connectivity index (χ4n) is 3.72. The molecule has 2 aromatic carbocycles. The third kappa shape index (κ3) is 5.61. The highest BCUT2D eigenvalue weighted by atomic mass is 35.5. The lowest BCUT2D eigenvalue weighted by molar-refractivity contribution is 0.0980. The summed E-state index contributed by atoms with van der Waals surface area (Å²) >= 11 is 6.09. The normalized spacial score (nSPS) is 10.8. The number of pyridine rings is 1. The molecule has 174 valence electrons. The third-order valence-electron chi connectivity index (χ3n) is 5.53. The first-order valence-electron chi connectivity index (χ1n) is 11.3. The van der Waals surface area contributed by atoms with Gasteiger partial charge >= 0.3 is 0 Å². The van der Waals surface area contributed by atoms with Gasteiger partial charge in [0, 0.05) is 23.8 Å². The summed E-state index contributed by atoms with van der Waals surface area (Å²) in [6, 6.07) is 23.0. The van der Waals surface area contributed by atoms with Crippen molar-refractivity contribution >= 4 is 29.0 Å². The van der Waals surface area contributed by atoms with Crippen molar-refractivity contribution in [1.82, 2.24) is 20.0 Å². The van der Waals surface area contributed by atoms with Crippen LogP contribution >= 0.6 is 11.6 Å². The van der Waals surface area contributed by atoms with Crippen molar-refractivity contribution in [2.75, 3.05) is 22.9 Å². The first-order valence-corrected chi connectivity index (χ1v) is 11.7. The minimum absolute atomic E-state index is 0.253. The van der Waals surface area contributed by atoms with Crippen molar-refractivity contribution in [2.24, 2.45) is 0 Å². The Bertz CT molecular complexity index is 1220. The number of nitrogens with zero attached hydrogens (tertiary/aromatic N) is 6. The fourth-order valence-corrected chi connectivity index (χ4v) is 3.85. The molecule has 0 radical (unpaired) electrons. The van der Waals surface area contributed by atoms with Crippen molar-refractivity contribution in [3.63, 3.8) is 0 Å². The van der Waals surface area contributed by atoms with Crippen LogP contribution < -0.4 is 9.80 Å². The number of carbonyl (C=O) groups is 1. The molecule has 8 heteroatoms. The summed E-state index contributed by atoms with van der Waals surface area (Å²) in [7, 11) is 0. The molecule has 0 atom stereocenters. The zero-order valence-electron chi connectivity index (χ0n) is 19.3. The molecule has 0 spiro atoms. The average molecular weight is 475 g/mol. The molecule has 0 saturated carbocycles. The maximum Gasteiger partial charge on any atom is 0.280 e. The SMILES string of the molecule is CCN(CC)c1cccc(CN(C(=O)c2cn(Cc3ccccc3)nn2)c2ccc(Cl)cc2)n1. The van der Waals surface area contributed by atoms with Gasteiger partial charge in [-0.1, -0.05) is 53.2 Å². The second-order valence-electron chi connectivity index (χ2n) is 7.81. The predicted molar refractivity (Wildman–Crippen MR) is 135 cm³/mol. The van der Waals surface area contributed by atoms with Crippen LogP contribution in [-0.4, -0.2) is 39.0 Å². The molecule has 0 aliphatic rings. The van der Waals surface area contributed by atoms with Gasteiger partial charge in [-0.15, -0.1) is 5.10 Å². The molecular weight excluding hydrogens is 448 g/mol. The van der Waals surface area contributed by atoms with E-state index in [1.54, 1.807) is 27.9 Å². The molecule has 1 amide bonds. The van der Waals surface area contributed by atoms with Crippen LogP contribution in [0, 0.1) is 0 Å². The summed E-state index contributed by atoms with van der Waals surface area (Å²) in [4.78, 5) is 22.2. The Labute approximate surface area is 204 Å². The van der Waals surface area contributed by atoms with Gasteiger partial charge in [0.1, 0.15) is 5.82 Å². The zero-order valence-corrected chi connectivity index (χ0v) is 20.1. The van der Waals surface area contributed by atoms with Crippen molar-refractivity contribution < 1.29 is 4.79 Å². The summed E-state index contributed by atoms with van der Waals surface area (Å²) in [5.74, 6) is 0.636. The molecule has 2 heterocycles. The quantitative estimate of drug-likeness (QED) is 0.339. The minimum Gasteiger partial charge on any atom is -0.357 e. The molecule has 4 rings (SSSR count). The van der Waals surface area contributed by atoms with Gasteiger partial charge in [0.25, 0.3) is 5.91 Å². The highest BCUT2D eigenvalue weighted by Gasteiger charge is 2.22. The topological polar surface area (TPSA) is 67.2 Å². The summed E-state index contributed by atoms with van der Waals surface area (Å²) in [6.45, 7) is 6.74. The highest BCUT2D eigenvalue weighted by Crippen LogP contribution is 2.23. The molecule has 4 aromatic rings. The van der Waals surface area contributed by atoms with Gasteiger partial charge in [0.15, 0.2) is 5.69 Å². The van der Waals surface area contributed by atoms with E-state index in [-0.39, 0.29) is 11.6 Å². The molecule has 2 aromatic heterocycles. The largest absolute Gasteiger partial charge is 0.357 e. The van der Waals surface area contributed by atoms with E-state index in [2.05, 4.69) is 29.1 Å². The van der Waals surface area contributed by atoms with Gasteiger partial charge in [0.2, 0.25) is 0 Å². The van der Waals surface area contributed by atoms with E-state index in [0.29, 0.717) is 23.8 Å². The van der Waals surface area contributed by atoms with Gasteiger partial charge < -0.3 is 9.80 Å². The third-order valence-corrected chi connectivity index (χ3v) is 5.78. The van der Waals surface area contributed by atoms with E-state index in [4.69, 9.17) is 16.6 Å². The molecule has 7 nitrogen and oxygen atoms in total. The van der Waals surface area contributed by atoms with E-state index in [1.807, 2.05) is 60.7 Å². The van der Waals surface area contributed by atoms with Crippen LogP contribution in [-0.2, 0) is 13.1 Å². The Morgan fingerprint density at radius 1 is 0.941 bits per heavy atom. The number of halogens is 1. The predicted octanol–water partition coefficient (Wildman–Crippen LogP) is 5.07. The molecule has 0 saturated heterocycles. The maximum atomic E-state index is 13.6. The Hall–Kier alpha value is -3.71. The number of anilines is 2. The second kappa shape index (κ2) is 10.9. The first kappa shape index (κ1) is 23.4. The molecule has 0 aliphatic heterocycles. The first-order chi connectivity index (χ1) is 16.6. The summed E-state index contributed by atoms with van der Waals surface area (Å²) in [5.41, 5.74) is 2.84. The average Bonchev–Trinajstić information content (AvgIpc) is 3.33. The Kier molecular flexibility index (Phi) is 7.54. The molecule has 0 fully saturated rings. The van der Waals surface area contributed by atoms with E-state index in [9.17, 15) is 4.79 Å². The number of rotatable bonds is 9. The lowest BCUT2D eigenvalue weighted by Gasteiger charge is -2.24. The Balaban J connectivity index is 1.61. The molecule has 0 aliphatic carbocycles. The van der Waals surface area contributed by atoms with Crippen LogP contribution in [0.15, 0.2) is 79.0 Å². The number of aromatic nitrogens is 4. The molecule has 0 unspecified atom stereocenters. The number of hydrogen-bond donors (Lipinski definition) is 0. The van der Waals surface area contributed by atoms with Crippen LogP contribution in [0.4, 0.5) is 11.5 Å². The van der Waals surface area contributed by atoms with E-state index >= 15 is 0 Å². The van der Waals surface area contributed by atoms with Crippen LogP contribution in [0.2, 0.25) is 5.02 Å². The number of benzene rings is 2. The van der Waals surface area contributed by atoms with E-state index < -0.39 is 0 Å². The summed E-state index contributed by atoms with van der Waals surface area (Å²) in [5, 5.41) is 8.93. The van der Waals surface area contributed by atoms with Crippen molar-refractivity contribution in [2.45, 2.75) is 26.9 Å². The van der Waals surface area contributed by atoms with Crippen LogP contribution in [0.1, 0.15) is 35.6 Å². The van der Waals surface area contributed by atoms with E-state index in [1.165, 1.54) is 0 Å². The van der Waals surface area contributed by atoms with Crippen LogP contribution in [0.5, 0.6) is 0 Å². The molecule has 0 bridgehead atoms. The standard InChI is InChI=1S/C26H27ClN6O/c1-3-31(4-2)25-12-8-11-22(28-25)18-33(23-15-13-21(27)14-16-23)26(34)24-19-32(30-29-24)17-20-9-6-5-7-10-20/h5-16,19H,3-4,17-18H2,1-2H3. The summed E-state index contributed by atoms with van der Waals surface area (Å²) < 4.78 is 1.67. The summed E-state index contributed by atoms with van der Waals surface area (Å²) in [6.07, 6.45) is 1.68. The lowest BCUT2D eigenvalue weighted by Crippen LogP contribution is -2.31. The Morgan fingerprint density at radius 2 is 1.68 bits per heavy atom. The number of carbonyl (C=O) groups excluding carboxylic acids is 1. The van der Waals surface area contributed by atoms with Crippen LogP contribution in [0.3, 0.4) is 0 Å². The number of hydrogen-bond acceptors (Lipinski definition) is 5. The van der Waals surface area contributed by atoms with Gasteiger partial charge in [-0.2, -0.15) is 0 Å². The van der Waals surface area contributed by atoms with Gasteiger partial charge in [-0.05, 0) is 55.8 Å². The highest BCUT2D eigenvalue weighted by molar-refractivity contribution is 6.30. The zero-order chi connectivity index (χ0) is 23.9. The van der Waals surface area contributed by atoms with Gasteiger partial charge in [0.05, 0.1) is 25.0 Å². The smallest absolute Gasteiger partial charge is 0.280 e. The minimum atomic E-state index is -0.253. The van der Waals surface area contributed by atoms with Crippen molar-refractivity contribution in [1.29, 1.82) is 0 Å². The van der Waals surface area contributed by atoms with E-state index in [0.717, 1.165) is 30.2 Å². The number of amides is 1. The monoisotopic (exact) mass is 474 g/mol. The lowest BCUT2D eigenvalue weighted by atomic mass is 10.2. The van der Waals surface area contributed by atoms with Gasteiger partial charge in [-0.25, -0.2) is 9.67 Å². The Morgan fingerprint density at radius 3 is 2.38 bits per heavy atom. The van der Waals surface area contributed by atoms with Crippen molar-refractivity contribution in [3.8, 4) is 0 Å². The van der Waals surface area contributed by atoms with Gasteiger partial charge in [-0.3, -0.25) is 4.79 Å². The van der Waals surface area contributed by atoms with Crippen LogP contribution in [0.25, 0.3) is 0 Å². The molecular formula is C26H27ClN6O. The van der Waals surface area contributed by atoms with Crippen molar-refractivity contribution in [3.05, 3.63) is 101 Å². The fraction of sp³-hybridized carbons (Fsp3) is 0.231.